The predicted molar refractivity (Wildman–Crippen MR) is 38.8 cm³/mol. The minimum Gasteiger partial charge on any atom is -0.202 e. The topological polar surface area (TPSA) is 0 Å². The maximum atomic E-state index is 11.0. The molecule has 0 heterocycles. The van der Waals surface area contributed by atoms with E-state index >= 15 is 0 Å². The normalized spacial score (nSPS) is 8.00. The van der Waals surface area contributed by atoms with Crippen LogP contribution in [0.3, 0.4) is 0 Å². The molecule has 0 amide bonds. The van der Waals surface area contributed by atoms with Gasteiger partial charge in [0.2, 0.25) is 5.83 Å². The quantitative estimate of drug-likeness (QED) is 0.475. The second kappa shape index (κ2) is 9.51. The van der Waals surface area contributed by atoms with Gasteiger partial charge in [0.05, 0.1) is 0 Å². The van der Waals surface area contributed by atoms with E-state index in [0.29, 0.717) is 0 Å². The largest absolute Gasteiger partial charge is 0.307 e. The van der Waals surface area contributed by atoms with Crippen LogP contribution in [0.5, 0.6) is 0 Å². The van der Waals surface area contributed by atoms with Crippen molar-refractivity contribution in [2.75, 3.05) is 0 Å². The fourth-order valence-corrected chi connectivity index (χ4v) is 0.0825. The molecule has 0 rings (SSSR count). The van der Waals surface area contributed by atoms with Crippen molar-refractivity contribution in [3.8, 4) is 0 Å². The van der Waals surface area contributed by atoms with Gasteiger partial charge in [-0.1, -0.05) is 0 Å². The van der Waals surface area contributed by atoms with E-state index in [1.165, 1.54) is 0 Å². The zero-order chi connectivity index (χ0) is 10.3. The average molecular weight is 230 g/mol. The Morgan fingerprint density at radius 2 is 1.15 bits per heavy atom. The highest BCUT2D eigenvalue weighted by atomic mass is 31.0. The number of alkyl halides is 2. The molecule has 0 aliphatic carbocycles. The lowest BCUT2D eigenvalue weighted by Crippen LogP contribution is -1.90. The van der Waals surface area contributed by atoms with Gasteiger partial charge in [0.1, 0.15) is 0 Å². The molecule has 0 aromatic carbocycles. The third-order valence-electron chi connectivity index (χ3n) is 0.372. The molecule has 1 atom stereocenters. The van der Waals surface area contributed by atoms with Crippen molar-refractivity contribution in [2.45, 2.75) is 6.43 Å². The molecule has 0 aromatic rings. The lowest BCUT2D eigenvalue weighted by atomic mass is 10.6. The van der Waals surface area contributed by atoms with E-state index in [1.807, 2.05) is 0 Å². The third-order valence-corrected chi connectivity index (χ3v) is 0.372. The van der Waals surface area contributed by atoms with Gasteiger partial charge in [-0.15, -0.1) is 0 Å². The number of halogens is 7. The smallest absolute Gasteiger partial charge is 0.202 e. The summed E-state index contributed by atoms with van der Waals surface area (Å²) in [5.41, 5.74) is 0. The van der Waals surface area contributed by atoms with E-state index < -0.39 is 24.4 Å². The maximum Gasteiger partial charge on any atom is 0.307 e. The highest BCUT2D eigenvalue weighted by molar-refractivity contribution is 6.92. The van der Waals surface area contributed by atoms with Gasteiger partial charge >= 0.3 is 6.08 Å². The highest BCUT2D eigenvalue weighted by Gasteiger charge is 2.16. The fraction of sp³-hybridized carbons (Fsp3) is 0.200. The first-order valence-electron chi connectivity index (χ1n) is 2.27. The van der Waals surface area contributed by atoms with E-state index in [0.717, 1.165) is 0 Å². The van der Waals surface area contributed by atoms with Crippen LogP contribution in [0.1, 0.15) is 0 Å². The van der Waals surface area contributed by atoms with Crippen molar-refractivity contribution in [1.29, 1.82) is 0 Å². The van der Waals surface area contributed by atoms with Crippen molar-refractivity contribution in [3.05, 3.63) is 24.6 Å². The molecule has 0 aromatic heterocycles. The molecule has 0 saturated carbocycles. The number of allylic oxidation sites excluding steroid dienone is 1. The van der Waals surface area contributed by atoms with E-state index in [-0.39, 0.29) is 9.90 Å². The predicted octanol–water partition coefficient (Wildman–Crippen LogP) is 3.78. The van der Waals surface area contributed by atoms with Crippen LogP contribution in [0.2, 0.25) is 0 Å². The lowest BCUT2D eigenvalue weighted by molar-refractivity contribution is 0.145. The van der Waals surface area contributed by atoms with Crippen LogP contribution in [0, 0.1) is 0 Å². The van der Waals surface area contributed by atoms with Gasteiger partial charge in [-0.05, 0) is 6.58 Å². The van der Waals surface area contributed by atoms with E-state index in [4.69, 9.17) is 0 Å². The van der Waals surface area contributed by atoms with Crippen LogP contribution in [0.15, 0.2) is 24.6 Å². The Labute approximate surface area is 72.7 Å². The summed E-state index contributed by atoms with van der Waals surface area (Å²) in [6.07, 6.45) is -8.49. The molecule has 80 valence electrons. The molecule has 0 spiro atoms. The highest BCUT2D eigenvalue weighted by Crippen LogP contribution is 2.16. The second-order valence-corrected chi connectivity index (χ2v) is 1.25. The van der Waals surface area contributed by atoms with Crippen molar-refractivity contribution in [3.63, 3.8) is 0 Å². The number of hydrogen-bond acceptors (Lipinski definition) is 0. The van der Waals surface area contributed by atoms with Crippen LogP contribution in [-0.4, -0.2) is 6.43 Å². The summed E-state index contributed by atoms with van der Waals surface area (Å²) in [6, 6.07) is 0. The Morgan fingerprint density at radius 3 is 1.15 bits per heavy atom. The first kappa shape index (κ1) is 18.3. The Morgan fingerprint density at radius 1 is 0.923 bits per heavy atom. The van der Waals surface area contributed by atoms with Gasteiger partial charge < -0.3 is 0 Å². The molecule has 8 heteroatoms. The first-order chi connectivity index (χ1) is 5.29. The van der Waals surface area contributed by atoms with E-state index in [1.54, 1.807) is 0 Å². The third kappa shape index (κ3) is 18.4. The van der Waals surface area contributed by atoms with Crippen LogP contribution >= 0.6 is 9.90 Å². The minimum atomic E-state index is -3.69. The SMILES string of the molecule is C=C(F)F.FC(F)=C(F)C(F)F.P. The zero-order valence-corrected chi connectivity index (χ0v) is 7.55. The Bertz CT molecular complexity index is 168. The molecule has 0 fully saturated rings. The summed E-state index contributed by atoms with van der Waals surface area (Å²) in [6.45, 7) is 2.22. The Kier molecular flexibility index (Phi) is 13.3. The molecule has 0 bridgehead atoms. The van der Waals surface area contributed by atoms with Gasteiger partial charge in [-0.25, -0.2) is 8.78 Å². The molecule has 0 N–H and O–H groups in total. The first-order valence-corrected chi connectivity index (χ1v) is 2.27. The van der Waals surface area contributed by atoms with E-state index in [9.17, 15) is 30.7 Å². The standard InChI is InChI=1S/C3HF5.C2H2F2.H3P/c4-1(2(5)6)3(7)8;1-2(3)4;/h2H;1H2;1H3. The molecule has 0 aliphatic heterocycles. The summed E-state index contributed by atoms with van der Waals surface area (Å²) in [5, 5.41) is 0. The molecule has 0 aliphatic rings. The fourth-order valence-electron chi connectivity index (χ4n) is 0.0825. The summed E-state index contributed by atoms with van der Waals surface area (Å²) >= 11 is 0. The monoisotopic (exact) mass is 230 g/mol. The van der Waals surface area contributed by atoms with Crippen molar-refractivity contribution in [2.24, 2.45) is 0 Å². The summed E-state index contributed by atoms with van der Waals surface area (Å²) in [4.78, 5) is 0. The molecular formula is C5H6F7P. The van der Waals surface area contributed by atoms with Crippen LogP contribution in [-0.2, 0) is 0 Å². The van der Waals surface area contributed by atoms with E-state index in [2.05, 4.69) is 6.58 Å². The Balaban J connectivity index is -0.000000173. The molecular weight excluding hydrogens is 224 g/mol. The van der Waals surface area contributed by atoms with Crippen LogP contribution in [0.4, 0.5) is 30.7 Å². The van der Waals surface area contributed by atoms with Crippen molar-refractivity contribution in [1.82, 2.24) is 0 Å². The molecule has 0 nitrogen and oxygen atoms in total. The summed E-state index contributed by atoms with van der Waals surface area (Å²) in [5.74, 6) is -2.65. The minimum absolute atomic E-state index is 0. The van der Waals surface area contributed by atoms with Gasteiger partial charge in [-0.3, -0.25) is 0 Å². The van der Waals surface area contributed by atoms with Gasteiger partial charge in [-0.2, -0.15) is 31.9 Å². The second-order valence-electron chi connectivity index (χ2n) is 1.25. The summed E-state index contributed by atoms with van der Waals surface area (Å²) < 4.78 is 74.2. The van der Waals surface area contributed by atoms with Crippen molar-refractivity contribution < 1.29 is 30.7 Å². The lowest BCUT2D eigenvalue weighted by Gasteiger charge is -1.88. The molecule has 13 heavy (non-hydrogen) atoms. The molecule has 0 saturated heterocycles. The van der Waals surface area contributed by atoms with Gasteiger partial charge in [0.25, 0.3) is 12.5 Å². The zero-order valence-electron chi connectivity index (χ0n) is 6.14. The Hall–Kier alpha value is -0.580. The maximum absolute atomic E-state index is 11.0. The van der Waals surface area contributed by atoms with Gasteiger partial charge in [0.15, 0.2) is 0 Å². The van der Waals surface area contributed by atoms with Crippen LogP contribution < -0.4 is 0 Å². The van der Waals surface area contributed by atoms with Crippen LogP contribution in [0.25, 0.3) is 0 Å². The average Bonchev–Trinajstić information content (AvgIpc) is 1.84. The van der Waals surface area contributed by atoms with Crippen molar-refractivity contribution >= 4 is 9.90 Å². The number of hydrogen-bond donors (Lipinski definition) is 0. The molecule has 0 radical (unpaired) electrons. The molecule has 1 unspecified atom stereocenters. The number of rotatable bonds is 1. The van der Waals surface area contributed by atoms with Gasteiger partial charge in [0, 0.05) is 0 Å². The summed E-state index contributed by atoms with van der Waals surface area (Å²) in [7, 11) is 0.